The fourth-order valence-electron chi connectivity index (χ4n) is 2.69. The van der Waals surface area contributed by atoms with Crippen LogP contribution in [0.2, 0.25) is 5.02 Å². The van der Waals surface area contributed by atoms with Gasteiger partial charge in [-0.3, -0.25) is 10.1 Å². The molecule has 1 aromatic carbocycles. The van der Waals surface area contributed by atoms with Gasteiger partial charge in [0.15, 0.2) is 5.82 Å². The predicted molar refractivity (Wildman–Crippen MR) is 84.4 cm³/mol. The molecule has 1 aliphatic heterocycles. The van der Waals surface area contributed by atoms with Crippen LogP contribution in [0.25, 0.3) is 0 Å². The van der Waals surface area contributed by atoms with Gasteiger partial charge < -0.3 is 10.1 Å². The van der Waals surface area contributed by atoms with Crippen LogP contribution >= 0.6 is 11.6 Å². The van der Waals surface area contributed by atoms with Crippen LogP contribution in [0.15, 0.2) is 18.2 Å². The Morgan fingerprint density at radius 2 is 2.39 bits per heavy atom. The molecule has 1 N–H and O–H groups in total. The monoisotopic (exact) mass is 337 g/mol. The third kappa shape index (κ3) is 3.27. The zero-order chi connectivity index (χ0) is 16.4. The van der Waals surface area contributed by atoms with Crippen LogP contribution in [-0.2, 0) is 17.9 Å². The SMILES string of the molecule is COCc1nc2n(n1)CCCC2Nc1ccc(Cl)cc1[N+](=O)[O-]. The van der Waals surface area contributed by atoms with Gasteiger partial charge in [-0.25, -0.2) is 9.67 Å². The quantitative estimate of drug-likeness (QED) is 0.665. The molecule has 0 spiro atoms. The van der Waals surface area contributed by atoms with Crippen molar-refractivity contribution >= 4 is 23.0 Å². The van der Waals surface area contributed by atoms with E-state index in [4.69, 9.17) is 16.3 Å². The highest BCUT2D eigenvalue weighted by Gasteiger charge is 2.26. The lowest BCUT2D eigenvalue weighted by Crippen LogP contribution is -2.23. The van der Waals surface area contributed by atoms with Gasteiger partial charge in [0.05, 0.1) is 11.0 Å². The van der Waals surface area contributed by atoms with Crippen LogP contribution in [0.5, 0.6) is 0 Å². The molecule has 0 bridgehead atoms. The van der Waals surface area contributed by atoms with E-state index in [1.807, 2.05) is 4.68 Å². The first-order chi connectivity index (χ1) is 11.1. The summed E-state index contributed by atoms with van der Waals surface area (Å²) in [6.07, 6.45) is 1.74. The number of nitro groups is 1. The van der Waals surface area contributed by atoms with E-state index in [1.165, 1.54) is 6.07 Å². The number of ether oxygens (including phenoxy) is 1. The Bertz CT molecular complexity index is 733. The molecule has 122 valence electrons. The fraction of sp³-hybridized carbons (Fsp3) is 0.429. The number of nitrogens with zero attached hydrogens (tertiary/aromatic N) is 4. The third-order valence-corrected chi connectivity index (χ3v) is 3.91. The van der Waals surface area contributed by atoms with Gasteiger partial charge in [-0.1, -0.05) is 11.6 Å². The molecule has 1 aromatic heterocycles. The third-order valence-electron chi connectivity index (χ3n) is 3.68. The topological polar surface area (TPSA) is 95.1 Å². The molecule has 9 heteroatoms. The molecule has 1 unspecified atom stereocenters. The van der Waals surface area contributed by atoms with E-state index in [-0.39, 0.29) is 11.7 Å². The molecule has 8 nitrogen and oxygen atoms in total. The Balaban J connectivity index is 1.89. The van der Waals surface area contributed by atoms with Crippen LogP contribution < -0.4 is 5.32 Å². The maximum Gasteiger partial charge on any atom is 0.293 e. The van der Waals surface area contributed by atoms with E-state index in [9.17, 15) is 10.1 Å². The second kappa shape index (κ2) is 6.51. The van der Waals surface area contributed by atoms with Crippen molar-refractivity contribution in [3.63, 3.8) is 0 Å². The van der Waals surface area contributed by atoms with E-state index < -0.39 is 4.92 Å². The number of aryl methyl sites for hydroxylation is 1. The van der Waals surface area contributed by atoms with Crippen molar-refractivity contribution in [3.05, 3.63) is 45.0 Å². The first-order valence-electron chi connectivity index (χ1n) is 7.21. The number of benzene rings is 1. The zero-order valence-electron chi connectivity index (χ0n) is 12.5. The van der Waals surface area contributed by atoms with E-state index in [0.717, 1.165) is 25.2 Å². The molecule has 0 saturated carbocycles. The number of rotatable bonds is 5. The Labute approximate surface area is 137 Å². The largest absolute Gasteiger partial charge is 0.377 e. The second-order valence-corrected chi connectivity index (χ2v) is 5.74. The summed E-state index contributed by atoms with van der Waals surface area (Å²) >= 11 is 5.85. The lowest BCUT2D eigenvalue weighted by Gasteiger charge is -2.23. The van der Waals surface area contributed by atoms with Gasteiger partial charge in [-0.2, -0.15) is 5.10 Å². The molecule has 2 aromatic rings. The minimum atomic E-state index is -0.446. The van der Waals surface area contributed by atoms with Crippen LogP contribution in [-0.4, -0.2) is 26.8 Å². The van der Waals surface area contributed by atoms with Crippen LogP contribution in [0.3, 0.4) is 0 Å². The van der Waals surface area contributed by atoms with E-state index in [1.54, 1.807) is 19.2 Å². The van der Waals surface area contributed by atoms with Crippen molar-refractivity contribution < 1.29 is 9.66 Å². The summed E-state index contributed by atoms with van der Waals surface area (Å²) in [5.41, 5.74) is 0.375. The van der Waals surface area contributed by atoms with Crippen LogP contribution in [0.1, 0.15) is 30.5 Å². The van der Waals surface area contributed by atoms with Crippen LogP contribution in [0.4, 0.5) is 11.4 Å². The Kier molecular flexibility index (Phi) is 4.44. The van der Waals surface area contributed by atoms with Gasteiger partial charge in [0.1, 0.15) is 18.1 Å². The molecule has 2 heterocycles. The lowest BCUT2D eigenvalue weighted by molar-refractivity contribution is -0.384. The standard InChI is InChI=1S/C14H16ClN5O3/c1-23-8-13-17-14-11(3-2-6-19(14)18-13)16-10-5-4-9(15)7-12(10)20(21)22/h4-5,7,11,16H,2-3,6,8H2,1H3. The zero-order valence-corrected chi connectivity index (χ0v) is 13.3. The van der Waals surface area contributed by atoms with Crippen molar-refractivity contribution in [2.45, 2.75) is 32.0 Å². The predicted octanol–water partition coefficient (Wildman–Crippen LogP) is 2.93. The molecule has 1 aliphatic rings. The van der Waals surface area contributed by atoms with Crippen molar-refractivity contribution in [2.75, 3.05) is 12.4 Å². The number of hydrogen-bond donors (Lipinski definition) is 1. The van der Waals surface area contributed by atoms with Crippen molar-refractivity contribution in [2.24, 2.45) is 0 Å². The normalized spacial score (nSPS) is 16.9. The summed E-state index contributed by atoms with van der Waals surface area (Å²) in [7, 11) is 1.59. The summed E-state index contributed by atoms with van der Waals surface area (Å²) in [4.78, 5) is 15.2. The summed E-state index contributed by atoms with van der Waals surface area (Å²) in [5, 5.41) is 19.1. The highest BCUT2D eigenvalue weighted by molar-refractivity contribution is 6.30. The first-order valence-corrected chi connectivity index (χ1v) is 7.59. The highest BCUT2D eigenvalue weighted by Crippen LogP contribution is 2.33. The summed E-state index contributed by atoms with van der Waals surface area (Å²) in [5.74, 6) is 1.38. The number of fused-ring (bicyclic) bond motifs is 1. The highest BCUT2D eigenvalue weighted by atomic mass is 35.5. The molecule has 0 radical (unpaired) electrons. The van der Waals surface area contributed by atoms with Crippen molar-refractivity contribution in [1.29, 1.82) is 0 Å². The first kappa shape index (κ1) is 15.7. The summed E-state index contributed by atoms with van der Waals surface area (Å²) in [6, 6.07) is 4.45. The molecule has 0 amide bonds. The molecule has 0 saturated heterocycles. The van der Waals surface area contributed by atoms with Gasteiger partial charge in [0, 0.05) is 24.7 Å². The number of hydrogen-bond acceptors (Lipinski definition) is 6. The van der Waals surface area contributed by atoms with Gasteiger partial charge >= 0.3 is 0 Å². The van der Waals surface area contributed by atoms with Crippen molar-refractivity contribution in [1.82, 2.24) is 14.8 Å². The molecule has 23 heavy (non-hydrogen) atoms. The average molecular weight is 338 g/mol. The molecule has 1 atom stereocenters. The smallest absolute Gasteiger partial charge is 0.293 e. The second-order valence-electron chi connectivity index (χ2n) is 5.30. The number of nitro benzene ring substituents is 1. The molecule has 3 rings (SSSR count). The van der Waals surface area contributed by atoms with Gasteiger partial charge in [-0.05, 0) is 25.0 Å². The van der Waals surface area contributed by atoms with Crippen molar-refractivity contribution in [3.8, 4) is 0 Å². The summed E-state index contributed by atoms with van der Waals surface area (Å²) in [6.45, 7) is 1.13. The minimum absolute atomic E-state index is 0.0498. The number of anilines is 1. The Morgan fingerprint density at radius 3 is 3.13 bits per heavy atom. The van der Waals surface area contributed by atoms with E-state index in [2.05, 4.69) is 15.4 Å². The maximum absolute atomic E-state index is 11.2. The number of methoxy groups -OCH3 is 1. The molecule has 0 fully saturated rings. The lowest BCUT2D eigenvalue weighted by atomic mass is 10.1. The maximum atomic E-state index is 11.2. The van der Waals surface area contributed by atoms with E-state index >= 15 is 0 Å². The summed E-state index contributed by atoms with van der Waals surface area (Å²) < 4.78 is 6.89. The number of aromatic nitrogens is 3. The molecular weight excluding hydrogens is 322 g/mol. The Hall–Kier alpha value is -2.19. The Morgan fingerprint density at radius 1 is 1.57 bits per heavy atom. The minimum Gasteiger partial charge on any atom is -0.377 e. The molecular formula is C14H16ClN5O3. The van der Waals surface area contributed by atoms with Gasteiger partial charge in [-0.15, -0.1) is 0 Å². The number of nitrogens with one attached hydrogen (secondary N) is 1. The average Bonchev–Trinajstić information content (AvgIpc) is 2.93. The van der Waals surface area contributed by atoms with Gasteiger partial charge in [0.25, 0.3) is 5.69 Å². The number of halogens is 1. The van der Waals surface area contributed by atoms with Crippen LogP contribution in [0, 0.1) is 10.1 Å². The van der Waals surface area contributed by atoms with Gasteiger partial charge in [0.2, 0.25) is 0 Å². The van der Waals surface area contributed by atoms with E-state index in [0.29, 0.717) is 23.1 Å². The fourth-order valence-corrected chi connectivity index (χ4v) is 2.86. The molecule has 0 aliphatic carbocycles.